The number of hydrogen-bond donors (Lipinski definition) is 0. The predicted octanol–water partition coefficient (Wildman–Crippen LogP) is 2.87. The van der Waals surface area contributed by atoms with Crippen LogP contribution in [0.1, 0.15) is 57.3 Å². The predicted molar refractivity (Wildman–Crippen MR) is 101 cm³/mol. The SMILES string of the molecule is Cc1nccn1[C@@H](C)C(=O)N1CCN(C23CC4CC(CC(C4)C2)C3)CC1. The van der Waals surface area contributed by atoms with E-state index in [0.29, 0.717) is 5.54 Å². The summed E-state index contributed by atoms with van der Waals surface area (Å²) in [5.74, 6) is 4.13. The normalized spacial score (nSPS) is 37.9. The van der Waals surface area contributed by atoms with Crippen molar-refractivity contribution < 1.29 is 4.79 Å². The summed E-state index contributed by atoms with van der Waals surface area (Å²) in [6, 6.07) is -0.149. The molecule has 4 bridgehead atoms. The third-order valence-electron chi connectivity index (χ3n) is 7.91. The molecule has 1 aromatic rings. The lowest BCUT2D eigenvalue weighted by Gasteiger charge is -2.61. The van der Waals surface area contributed by atoms with E-state index in [1.807, 2.05) is 24.6 Å². The standard InChI is InChI=1S/C21H32N4O/c1-15(25-4-3-22-16(25)2)20(26)23-5-7-24(8-6-23)21-12-17-9-18(13-21)11-19(10-17)14-21/h3-4,15,17-19H,5-14H2,1-2H3/t15-,17?,18?,19?,21?/m0/s1. The van der Waals surface area contributed by atoms with Crippen molar-refractivity contribution >= 4 is 5.91 Å². The highest BCUT2D eigenvalue weighted by Crippen LogP contribution is 2.57. The van der Waals surface area contributed by atoms with Crippen LogP contribution < -0.4 is 0 Å². The van der Waals surface area contributed by atoms with Gasteiger partial charge in [0.2, 0.25) is 5.91 Å². The minimum absolute atomic E-state index is 0.149. The first-order valence-corrected chi connectivity index (χ1v) is 10.6. The molecule has 26 heavy (non-hydrogen) atoms. The molecule has 1 aromatic heterocycles. The Bertz CT molecular complexity index is 653. The van der Waals surface area contributed by atoms with Gasteiger partial charge in [-0.3, -0.25) is 9.69 Å². The van der Waals surface area contributed by atoms with Gasteiger partial charge in [0.25, 0.3) is 0 Å². The average Bonchev–Trinajstić information content (AvgIpc) is 3.05. The van der Waals surface area contributed by atoms with Crippen LogP contribution in [-0.4, -0.2) is 57.0 Å². The monoisotopic (exact) mass is 356 g/mol. The van der Waals surface area contributed by atoms with E-state index in [1.54, 1.807) is 6.20 Å². The van der Waals surface area contributed by atoms with Crippen LogP contribution in [0.15, 0.2) is 12.4 Å². The Labute approximate surface area is 156 Å². The van der Waals surface area contributed by atoms with Gasteiger partial charge in [-0.2, -0.15) is 0 Å². The first-order chi connectivity index (χ1) is 12.5. The fraction of sp³-hybridized carbons (Fsp3) is 0.810. The van der Waals surface area contributed by atoms with Crippen LogP contribution in [0.3, 0.4) is 0 Å². The molecule has 1 amide bonds. The summed E-state index contributed by atoms with van der Waals surface area (Å²) in [5.41, 5.74) is 0.483. The molecular formula is C21H32N4O. The van der Waals surface area contributed by atoms with Gasteiger partial charge in [-0.05, 0) is 70.1 Å². The average molecular weight is 357 g/mol. The quantitative estimate of drug-likeness (QED) is 0.836. The number of aromatic nitrogens is 2. The molecule has 4 aliphatic carbocycles. The van der Waals surface area contributed by atoms with Crippen LogP contribution in [0.4, 0.5) is 0 Å². The Balaban J connectivity index is 1.24. The fourth-order valence-corrected chi connectivity index (χ4v) is 7.03. The van der Waals surface area contributed by atoms with Gasteiger partial charge in [0.1, 0.15) is 11.9 Å². The summed E-state index contributed by atoms with van der Waals surface area (Å²) in [6.45, 7) is 7.87. The largest absolute Gasteiger partial charge is 0.338 e. The summed E-state index contributed by atoms with van der Waals surface area (Å²) in [6.07, 6.45) is 12.5. The van der Waals surface area contributed by atoms with Gasteiger partial charge < -0.3 is 9.47 Å². The minimum Gasteiger partial charge on any atom is -0.338 e. The number of hydrogen-bond acceptors (Lipinski definition) is 3. The molecular weight excluding hydrogens is 324 g/mol. The van der Waals surface area contributed by atoms with Crippen LogP contribution >= 0.6 is 0 Å². The lowest BCUT2D eigenvalue weighted by atomic mass is 9.52. The Morgan fingerprint density at radius 2 is 1.65 bits per heavy atom. The molecule has 0 N–H and O–H groups in total. The third kappa shape index (κ3) is 2.62. The number of piperazine rings is 1. The van der Waals surface area contributed by atoms with Crippen molar-refractivity contribution in [2.24, 2.45) is 17.8 Å². The van der Waals surface area contributed by atoms with Crippen molar-refractivity contribution in [2.75, 3.05) is 26.2 Å². The Morgan fingerprint density at radius 3 is 2.15 bits per heavy atom. The van der Waals surface area contributed by atoms with E-state index in [2.05, 4.69) is 14.8 Å². The van der Waals surface area contributed by atoms with Gasteiger partial charge in [0, 0.05) is 44.1 Å². The molecule has 5 fully saturated rings. The minimum atomic E-state index is -0.149. The van der Waals surface area contributed by atoms with Crippen molar-refractivity contribution in [1.29, 1.82) is 0 Å². The number of aryl methyl sites for hydroxylation is 1. The zero-order valence-corrected chi connectivity index (χ0v) is 16.2. The van der Waals surface area contributed by atoms with Crippen LogP contribution in [0.5, 0.6) is 0 Å². The highest BCUT2D eigenvalue weighted by molar-refractivity contribution is 5.80. The van der Waals surface area contributed by atoms with Crippen LogP contribution in [0, 0.1) is 24.7 Å². The Kier molecular flexibility index (Phi) is 3.93. The van der Waals surface area contributed by atoms with E-state index in [0.717, 1.165) is 49.8 Å². The second-order valence-electron chi connectivity index (χ2n) is 9.51. The van der Waals surface area contributed by atoms with Gasteiger partial charge in [-0.25, -0.2) is 4.98 Å². The Hall–Kier alpha value is -1.36. The van der Waals surface area contributed by atoms with Gasteiger partial charge >= 0.3 is 0 Å². The molecule has 6 rings (SSSR count). The third-order valence-corrected chi connectivity index (χ3v) is 7.91. The molecule has 5 nitrogen and oxygen atoms in total. The molecule has 0 spiro atoms. The first kappa shape index (κ1) is 16.8. The van der Waals surface area contributed by atoms with Gasteiger partial charge in [-0.15, -0.1) is 0 Å². The number of carbonyl (C=O) groups is 1. The highest BCUT2D eigenvalue weighted by Gasteiger charge is 2.53. The molecule has 1 atom stereocenters. The van der Waals surface area contributed by atoms with Crippen molar-refractivity contribution in [2.45, 2.75) is 64.0 Å². The molecule has 5 aliphatic rings. The smallest absolute Gasteiger partial charge is 0.245 e. The van der Waals surface area contributed by atoms with Crippen LogP contribution in [0.2, 0.25) is 0 Å². The second kappa shape index (κ2) is 6.08. The second-order valence-corrected chi connectivity index (χ2v) is 9.51. The number of nitrogens with zero attached hydrogens (tertiary/aromatic N) is 4. The van der Waals surface area contributed by atoms with Crippen molar-refractivity contribution in [3.8, 4) is 0 Å². The molecule has 0 unspecified atom stereocenters. The lowest BCUT2D eigenvalue weighted by Crippen LogP contribution is -2.64. The summed E-state index contributed by atoms with van der Waals surface area (Å²) in [5, 5.41) is 0. The van der Waals surface area contributed by atoms with E-state index >= 15 is 0 Å². The first-order valence-electron chi connectivity index (χ1n) is 10.6. The molecule has 2 heterocycles. The van der Waals surface area contributed by atoms with Crippen molar-refractivity contribution in [3.05, 3.63) is 18.2 Å². The summed E-state index contributed by atoms with van der Waals surface area (Å²) >= 11 is 0. The topological polar surface area (TPSA) is 41.4 Å². The van der Waals surface area contributed by atoms with Crippen LogP contribution in [-0.2, 0) is 4.79 Å². The molecule has 0 radical (unpaired) electrons. The van der Waals surface area contributed by atoms with E-state index in [1.165, 1.54) is 38.5 Å². The van der Waals surface area contributed by atoms with Gasteiger partial charge in [-0.1, -0.05) is 0 Å². The highest BCUT2D eigenvalue weighted by atomic mass is 16.2. The zero-order valence-electron chi connectivity index (χ0n) is 16.2. The molecule has 1 saturated heterocycles. The summed E-state index contributed by atoms with van der Waals surface area (Å²) in [7, 11) is 0. The molecule has 1 aliphatic heterocycles. The number of rotatable bonds is 3. The fourth-order valence-electron chi connectivity index (χ4n) is 7.03. The van der Waals surface area contributed by atoms with E-state index < -0.39 is 0 Å². The van der Waals surface area contributed by atoms with E-state index in [4.69, 9.17) is 0 Å². The number of carbonyl (C=O) groups excluding carboxylic acids is 1. The maximum absolute atomic E-state index is 13.0. The number of imidazole rings is 1. The summed E-state index contributed by atoms with van der Waals surface area (Å²) in [4.78, 5) is 22.1. The van der Waals surface area contributed by atoms with Crippen LogP contribution in [0.25, 0.3) is 0 Å². The van der Waals surface area contributed by atoms with Gasteiger partial charge in [0.15, 0.2) is 0 Å². The summed E-state index contributed by atoms with van der Waals surface area (Å²) < 4.78 is 1.99. The van der Waals surface area contributed by atoms with Crippen molar-refractivity contribution in [1.82, 2.24) is 19.4 Å². The Morgan fingerprint density at radius 1 is 1.08 bits per heavy atom. The van der Waals surface area contributed by atoms with Crippen molar-refractivity contribution in [3.63, 3.8) is 0 Å². The van der Waals surface area contributed by atoms with E-state index in [9.17, 15) is 4.79 Å². The molecule has 0 aromatic carbocycles. The lowest BCUT2D eigenvalue weighted by molar-refractivity contribution is -0.141. The van der Waals surface area contributed by atoms with E-state index in [-0.39, 0.29) is 11.9 Å². The molecule has 4 saturated carbocycles. The molecule has 5 heteroatoms. The molecule has 142 valence electrons. The zero-order chi connectivity index (χ0) is 17.9. The maximum Gasteiger partial charge on any atom is 0.245 e. The maximum atomic E-state index is 13.0. The van der Waals surface area contributed by atoms with Gasteiger partial charge in [0.05, 0.1) is 0 Å². The number of amides is 1.